The molecule has 0 radical (unpaired) electrons. The molecule has 0 saturated carbocycles. The van der Waals surface area contributed by atoms with Crippen molar-refractivity contribution in [2.45, 2.75) is 6.54 Å². The number of hydrogen-bond acceptors (Lipinski definition) is 3. The van der Waals surface area contributed by atoms with Crippen molar-refractivity contribution in [3.8, 4) is 5.75 Å². The van der Waals surface area contributed by atoms with Crippen molar-refractivity contribution in [1.29, 1.82) is 0 Å². The number of nitrogens with one attached hydrogen (secondary N) is 1. The quantitative estimate of drug-likeness (QED) is 0.828. The molecule has 15 heavy (non-hydrogen) atoms. The summed E-state index contributed by atoms with van der Waals surface area (Å²) < 4.78 is 5.18. The molecular weight excluding hydrogens is 210 g/mol. The first-order chi connectivity index (χ1) is 7.27. The fourth-order valence-electron chi connectivity index (χ4n) is 1.22. The van der Waals surface area contributed by atoms with Gasteiger partial charge in [-0.15, -0.1) is 0 Å². The molecule has 3 nitrogen and oxygen atoms in total. The Balaban J connectivity index is 2.53. The van der Waals surface area contributed by atoms with Crippen LogP contribution < -0.4 is 10.1 Å². The van der Waals surface area contributed by atoms with Gasteiger partial charge in [-0.05, 0) is 12.3 Å². The molecule has 82 valence electrons. The van der Waals surface area contributed by atoms with Crippen LogP contribution in [0.1, 0.15) is 5.56 Å². The standard InChI is InChI=1S/C11H15NO2S/c1-14-10-6-4-3-5-9(10)7-12-11(13)8-15-2/h3-6H,7-8H2,1-2H3,(H,12,13). The van der Waals surface area contributed by atoms with Gasteiger partial charge >= 0.3 is 0 Å². The van der Waals surface area contributed by atoms with E-state index in [4.69, 9.17) is 4.74 Å². The average Bonchev–Trinajstić information content (AvgIpc) is 2.27. The van der Waals surface area contributed by atoms with E-state index in [2.05, 4.69) is 5.32 Å². The number of methoxy groups -OCH3 is 1. The van der Waals surface area contributed by atoms with Gasteiger partial charge in [0.1, 0.15) is 5.75 Å². The smallest absolute Gasteiger partial charge is 0.230 e. The van der Waals surface area contributed by atoms with Gasteiger partial charge in [-0.1, -0.05) is 18.2 Å². The molecule has 0 bridgehead atoms. The van der Waals surface area contributed by atoms with E-state index >= 15 is 0 Å². The van der Waals surface area contributed by atoms with Gasteiger partial charge in [-0.2, -0.15) is 11.8 Å². The first kappa shape index (κ1) is 11.9. The molecule has 1 N–H and O–H groups in total. The molecular formula is C11H15NO2S. The lowest BCUT2D eigenvalue weighted by Gasteiger charge is -2.08. The number of thioether (sulfide) groups is 1. The number of amides is 1. The summed E-state index contributed by atoms with van der Waals surface area (Å²) in [5, 5.41) is 2.83. The maximum atomic E-state index is 11.2. The van der Waals surface area contributed by atoms with E-state index in [0.717, 1.165) is 11.3 Å². The zero-order chi connectivity index (χ0) is 11.1. The Hall–Kier alpha value is -1.16. The Morgan fingerprint density at radius 3 is 2.87 bits per heavy atom. The van der Waals surface area contributed by atoms with Crippen molar-refractivity contribution in [2.24, 2.45) is 0 Å². The van der Waals surface area contributed by atoms with Crippen LogP contribution in [0.4, 0.5) is 0 Å². The third kappa shape index (κ3) is 3.83. The number of carbonyl (C=O) groups is 1. The van der Waals surface area contributed by atoms with Gasteiger partial charge < -0.3 is 10.1 Å². The molecule has 1 rings (SSSR count). The van der Waals surface area contributed by atoms with E-state index in [1.165, 1.54) is 11.8 Å². The molecule has 0 aliphatic heterocycles. The number of ether oxygens (including phenoxy) is 1. The molecule has 1 aromatic rings. The van der Waals surface area contributed by atoms with Crippen molar-refractivity contribution < 1.29 is 9.53 Å². The molecule has 0 saturated heterocycles. The van der Waals surface area contributed by atoms with Crippen LogP contribution in [0.5, 0.6) is 5.75 Å². The summed E-state index contributed by atoms with van der Waals surface area (Å²) in [6.45, 7) is 0.517. The zero-order valence-electron chi connectivity index (χ0n) is 8.95. The predicted octanol–water partition coefficient (Wildman–Crippen LogP) is 1.67. The second-order valence-corrected chi connectivity index (χ2v) is 3.89. The van der Waals surface area contributed by atoms with Gasteiger partial charge in [0.15, 0.2) is 0 Å². The maximum absolute atomic E-state index is 11.2. The molecule has 1 aromatic carbocycles. The van der Waals surface area contributed by atoms with Gasteiger partial charge in [-0.3, -0.25) is 4.79 Å². The highest BCUT2D eigenvalue weighted by Crippen LogP contribution is 2.16. The number of rotatable bonds is 5. The molecule has 1 amide bonds. The van der Waals surface area contributed by atoms with Gasteiger partial charge in [0.2, 0.25) is 5.91 Å². The molecule has 0 aliphatic rings. The topological polar surface area (TPSA) is 38.3 Å². The summed E-state index contributed by atoms with van der Waals surface area (Å²) in [5.41, 5.74) is 0.995. The van der Waals surface area contributed by atoms with Crippen LogP contribution in [-0.4, -0.2) is 25.0 Å². The van der Waals surface area contributed by atoms with Gasteiger partial charge in [0.05, 0.1) is 12.9 Å². The third-order valence-corrected chi connectivity index (χ3v) is 2.49. The second kappa shape index (κ2) is 6.35. The average molecular weight is 225 g/mol. The van der Waals surface area contributed by atoms with Crippen molar-refractivity contribution >= 4 is 17.7 Å². The summed E-state index contributed by atoms with van der Waals surface area (Å²) >= 11 is 1.51. The van der Waals surface area contributed by atoms with Gasteiger partial charge in [0.25, 0.3) is 0 Å². The monoisotopic (exact) mass is 225 g/mol. The van der Waals surface area contributed by atoms with E-state index in [9.17, 15) is 4.79 Å². The van der Waals surface area contributed by atoms with E-state index in [1.807, 2.05) is 30.5 Å². The first-order valence-electron chi connectivity index (χ1n) is 4.65. The highest BCUT2D eigenvalue weighted by atomic mass is 32.2. The lowest BCUT2D eigenvalue weighted by molar-refractivity contribution is -0.118. The fourth-order valence-corrected chi connectivity index (χ4v) is 1.59. The summed E-state index contributed by atoms with van der Waals surface area (Å²) in [7, 11) is 1.63. The summed E-state index contributed by atoms with van der Waals surface area (Å²) in [4.78, 5) is 11.2. The Kier molecular flexibility index (Phi) is 5.04. The van der Waals surface area contributed by atoms with Crippen LogP contribution >= 0.6 is 11.8 Å². The highest BCUT2D eigenvalue weighted by Gasteiger charge is 2.03. The minimum atomic E-state index is 0.0495. The molecule has 4 heteroatoms. The largest absolute Gasteiger partial charge is 0.496 e. The number of para-hydroxylation sites is 1. The highest BCUT2D eigenvalue weighted by molar-refractivity contribution is 7.99. The van der Waals surface area contributed by atoms with E-state index in [-0.39, 0.29) is 5.91 Å². The SMILES string of the molecule is COc1ccccc1CNC(=O)CSC. The van der Waals surface area contributed by atoms with E-state index in [1.54, 1.807) is 7.11 Å². The predicted molar refractivity (Wildman–Crippen MR) is 63.2 cm³/mol. The van der Waals surface area contributed by atoms with Gasteiger partial charge in [0, 0.05) is 12.1 Å². The minimum Gasteiger partial charge on any atom is -0.496 e. The molecule has 0 unspecified atom stereocenters. The van der Waals surface area contributed by atoms with Crippen molar-refractivity contribution in [3.05, 3.63) is 29.8 Å². The number of benzene rings is 1. The Morgan fingerprint density at radius 2 is 2.20 bits per heavy atom. The summed E-state index contributed by atoms with van der Waals surface area (Å²) in [6.07, 6.45) is 1.91. The molecule has 0 atom stereocenters. The number of hydrogen-bond donors (Lipinski definition) is 1. The Morgan fingerprint density at radius 1 is 1.47 bits per heavy atom. The second-order valence-electron chi connectivity index (χ2n) is 3.02. The van der Waals surface area contributed by atoms with Crippen LogP contribution in [-0.2, 0) is 11.3 Å². The van der Waals surface area contributed by atoms with Crippen LogP contribution in [0, 0.1) is 0 Å². The van der Waals surface area contributed by atoms with Crippen molar-refractivity contribution in [3.63, 3.8) is 0 Å². The maximum Gasteiger partial charge on any atom is 0.230 e. The molecule has 0 aromatic heterocycles. The minimum absolute atomic E-state index is 0.0495. The van der Waals surface area contributed by atoms with Crippen molar-refractivity contribution in [2.75, 3.05) is 19.1 Å². The summed E-state index contributed by atoms with van der Waals surface area (Å²) in [5.74, 6) is 1.35. The van der Waals surface area contributed by atoms with Crippen LogP contribution in [0.25, 0.3) is 0 Å². The zero-order valence-corrected chi connectivity index (χ0v) is 9.76. The molecule has 0 fully saturated rings. The van der Waals surface area contributed by atoms with Crippen LogP contribution in [0.15, 0.2) is 24.3 Å². The van der Waals surface area contributed by atoms with Crippen molar-refractivity contribution in [1.82, 2.24) is 5.32 Å². The Bertz CT molecular complexity index is 328. The molecule has 0 spiro atoms. The molecule has 0 aliphatic carbocycles. The lowest BCUT2D eigenvalue weighted by atomic mass is 10.2. The third-order valence-electron chi connectivity index (χ3n) is 1.94. The number of carbonyl (C=O) groups excluding carboxylic acids is 1. The Labute approximate surface area is 94.2 Å². The first-order valence-corrected chi connectivity index (χ1v) is 6.05. The normalized spacial score (nSPS) is 9.73. The fraction of sp³-hybridized carbons (Fsp3) is 0.364. The van der Waals surface area contributed by atoms with E-state index < -0.39 is 0 Å². The van der Waals surface area contributed by atoms with Crippen LogP contribution in [0.2, 0.25) is 0 Å². The van der Waals surface area contributed by atoms with Gasteiger partial charge in [-0.25, -0.2) is 0 Å². The summed E-state index contributed by atoms with van der Waals surface area (Å²) in [6, 6.07) is 7.67. The van der Waals surface area contributed by atoms with E-state index in [0.29, 0.717) is 12.3 Å². The lowest BCUT2D eigenvalue weighted by Crippen LogP contribution is -2.24. The molecule has 0 heterocycles. The van der Waals surface area contributed by atoms with Crippen LogP contribution in [0.3, 0.4) is 0 Å².